The van der Waals surface area contributed by atoms with Crippen LogP contribution in [-0.4, -0.2) is 41.5 Å². The first-order valence-corrected chi connectivity index (χ1v) is 7.47. The average molecular weight is 308 g/mol. The largest absolute Gasteiger partial charge is 0.389 e. The van der Waals surface area contributed by atoms with Crippen LogP contribution in [-0.2, 0) is 9.59 Å². The number of rotatable bonds is 7. The Morgan fingerprint density at radius 3 is 2.29 bits per heavy atom. The van der Waals surface area contributed by atoms with Crippen LogP contribution in [0.1, 0.15) is 52.4 Å². The van der Waals surface area contributed by atoms with Crippen molar-refractivity contribution in [2.75, 3.05) is 6.54 Å². The van der Waals surface area contributed by atoms with E-state index in [1.807, 2.05) is 13.8 Å². The first kappa shape index (κ1) is 17.8. The fourth-order valence-electron chi connectivity index (χ4n) is 2.59. The maximum absolute atomic E-state index is 12.3. The molecule has 122 valence electrons. The summed E-state index contributed by atoms with van der Waals surface area (Å²) in [6.45, 7) is 3.76. The second kappa shape index (κ2) is 7.66. The minimum atomic E-state index is -4.23. The van der Waals surface area contributed by atoms with Gasteiger partial charge < -0.3 is 10.2 Å². The van der Waals surface area contributed by atoms with Crippen LogP contribution in [0.3, 0.4) is 0 Å². The molecule has 1 saturated heterocycles. The lowest BCUT2D eigenvalue weighted by Crippen LogP contribution is -2.63. The third-order valence-corrected chi connectivity index (χ3v) is 3.58. The van der Waals surface area contributed by atoms with E-state index in [9.17, 15) is 22.8 Å². The molecule has 1 heterocycles. The molecule has 21 heavy (non-hydrogen) atoms. The second-order valence-corrected chi connectivity index (χ2v) is 5.40. The van der Waals surface area contributed by atoms with Crippen LogP contribution in [0, 0.1) is 0 Å². The molecule has 2 amide bonds. The molecular weight excluding hydrogens is 285 g/mol. The van der Waals surface area contributed by atoms with Crippen LogP contribution >= 0.6 is 0 Å². The number of hydrogen-bond acceptors (Lipinski definition) is 2. The average Bonchev–Trinajstić information content (AvgIpc) is 2.37. The number of amides is 2. The molecule has 4 nitrogen and oxygen atoms in total. The summed E-state index contributed by atoms with van der Waals surface area (Å²) >= 11 is 0. The molecule has 0 aromatic rings. The Morgan fingerprint density at radius 1 is 1.14 bits per heavy atom. The number of hydrogen-bond donors (Lipinski definition) is 1. The van der Waals surface area contributed by atoms with Gasteiger partial charge in [0.25, 0.3) is 0 Å². The third-order valence-electron chi connectivity index (χ3n) is 3.58. The number of nitrogens with one attached hydrogen (secondary N) is 1. The molecule has 1 aliphatic heterocycles. The van der Waals surface area contributed by atoms with Crippen molar-refractivity contribution in [3.63, 3.8) is 0 Å². The second-order valence-electron chi connectivity index (χ2n) is 5.40. The van der Waals surface area contributed by atoms with Gasteiger partial charge >= 0.3 is 6.18 Å². The maximum Gasteiger partial charge on any atom is 0.389 e. The smallest absolute Gasteiger partial charge is 0.343 e. The Balaban J connectivity index is 2.74. The molecule has 1 rings (SSSR count). The van der Waals surface area contributed by atoms with E-state index >= 15 is 0 Å². The fourth-order valence-corrected chi connectivity index (χ4v) is 2.59. The van der Waals surface area contributed by atoms with E-state index in [1.54, 1.807) is 0 Å². The molecule has 0 aliphatic carbocycles. The van der Waals surface area contributed by atoms with Crippen molar-refractivity contribution in [2.24, 2.45) is 0 Å². The predicted octanol–water partition coefficient (Wildman–Crippen LogP) is 2.62. The van der Waals surface area contributed by atoms with E-state index in [2.05, 4.69) is 5.32 Å². The van der Waals surface area contributed by atoms with E-state index < -0.39 is 24.7 Å². The van der Waals surface area contributed by atoms with Crippen molar-refractivity contribution >= 4 is 11.8 Å². The maximum atomic E-state index is 12.3. The molecule has 0 aromatic heterocycles. The van der Waals surface area contributed by atoms with Crippen LogP contribution in [0.2, 0.25) is 0 Å². The van der Waals surface area contributed by atoms with Crippen LogP contribution in [0.25, 0.3) is 0 Å². The Hall–Kier alpha value is -1.27. The first-order valence-electron chi connectivity index (χ1n) is 7.47. The monoisotopic (exact) mass is 308 g/mol. The van der Waals surface area contributed by atoms with Gasteiger partial charge in [-0.3, -0.25) is 9.59 Å². The number of nitrogens with zero attached hydrogens (tertiary/aromatic N) is 1. The van der Waals surface area contributed by atoms with Crippen LogP contribution in [0.5, 0.6) is 0 Å². The van der Waals surface area contributed by atoms with Crippen molar-refractivity contribution < 1.29 is 22.8 Å². The van der Waals surface area contributed by atoms with Gasteiger partial charge in [0.1, 0.15) is 12.1 Å². The van der Waals surface area contributed by atoms with Crippen LogP contribution in [0.4, 0.5) is 13.2 Å². The lowest BCUT2D eigenvalue weighted by atomic mass is 10.00. The van der Waals surface area contributed by atoms with E-state index in [4.69, 9.17) is 0 Å². The van der Waals surface area contributed by atoms with Crippen molar-refractivity contribution in [3.05, 3.63) is 0 Å². The van der Waals surface area contributed by atoms with Gasteiger partial charge in [0.05, 0.1) is 0 Å². The molecule has 2 atom stereocenters. The molecular formula is C14H23F3N2O2. The van der Waals surface area contributed by atoms with E-state index in [1.165, 1.54) is 4.90 Å². The van der Waals surface area contributed by atoms with Crippen LogP contribution < -0.4 is 5.32 Å². The lowest BCUT2D eigenvalue weighted by Gasteiger charge is -2.39. The van der Waals surface area contributed by atoms with Crippen molar-refractivity contribution in [3.8, 4) is 0 Å². The summed E-state index contributed by atoms with van der Waals surface area (Å²) in [5, 5.41) is 2.69. The molecule has 0 bridgehead atoms. The van der Waals surface area contributed by atoms with Gasteiger partial charge in [0.15, 0.2) is 0 Å². The third kappa shape index (κ3) is 5.21. The van der Waals surface area contributed by atoms with Gasteiger partial charge in [0, 0.05) is 13.0 Å². The Labute approximate surface area is 123 Å². The van der Waals surface area contributed by atoms with Crippen molar-refractivity contribution in [2.45, 2.75) is 70.6 Å². The highest BCUT2D eigenvalue weighted by atomic mass is 19.4. The van der Waals surface area contributed by atoms with Gasteiger partial charge in [-0.2, -0.15) is 13.2 Å². The van der Waals surface area contributed by atoms with E-state index in [0.717, 1.165) is 6.42 Å². The molecule has 0 saturated carbocycles. The SMILES string of the molecule is CCCC1NC(=O)C(CCC)N(CCCC(F)(F)F)C1=O. The molecule has 1 fully saturated rings. The predicted molar refractivity (Wildman–Crippen MR) is 72.5 cm³/mol. The number of carbonyl (C=O) groups excluding carboxylic acids is 2. The summed E-state index contributed by atoms with van der Waals surface area (Å²) in [6.07, 6.45) is -2.92. The van der Waals surface area contributed by atoms with Gasteiger partial charge in [-0.25, -0.2) is 0 Å². The molecule has 1 aliphatic rings. The summed E-state index contributed by atoms with van der Waals surface area (Å²) in [7, 11) is 0. The van der Waals surface area contributed by atoms with Gasteiger partial charge in [-0.05, 0) is 19.3 Å². The molecule has 0 radical (unpaired) electrons. The number of carbonyl (C=O) groups is 2. The van der Waals surface area contributed by atoms with E-state index in [-0.39, 0.29) is 24.8 Å². The van der Waals surface area contributed by atoms with Gasteiger partial charge in [0.2, 0.25) is 11.8 Å². The molecule has 2 unspecified atom stereocenters. The van der Waals surface area contributed by atoms with Gasteiger partial charge in [-0.1, -0.05) is 26.7 Å². The molecule has 0 spiro atoms. The highest BCUT2D eigenvalue weighted by Gasteiger charge is 2.39. The zero-order valence-electron chi connectivity index (χ0n) is 12.5. The summed E-state index contributed by atoms with van der Waals surface area (Å²) in [6, 6.07) is -1.23. The number of piperazine rings is 1. The summed E-state index contributed by atoms with van der Waals surface area (Å²) in [4.78, 5) is 25.7. The Bertz CT molecular complexity index is 372. The quantitative estimate of drug-likeness (QED) is 0.786. The Kier molecular flexibility index (Phi) is 6.48. The molecule has 7 heteroatoms. The number of alkyl halides is 3. The summed E-state index contributed by atoms with van der Waals surface area (Å²) in [5.41, 5.74) is 0. The topological polar surface area (TPSA) is 49.4 Å². The normalized spacial score (nSPS) is 23.4. The lowest BCUT2D eigenvalue weighted by molar-refractivity contribution is -0.152. The minimum absolute atomic E-state index is 0.0172. The first-order chi connectivity index (χ1) is 9.80. The standard InChI is InChI=1S/C14H23F3N2O2/c1-3-6-10-13(21)19(9-5-8-14(15,16)17)11(7-4-2)12(20)18-10/h10-11H,3-9H2,1-2H3,(H,18,20). The Morgan fingerprint density at radius 2 is 1.76 bits per heavy atom. The summed E-state index contributed by atoms with van der Waals surface area (Å²) in [5.74, 6) is -0.501. The fraction of sp³-hybridized carbons (Fsp3) is 0.857. The van der Waals surface area contributed by atoms with Crippen molar-refractivity contribution in [1.29, 1.82) is 0 Å². The highest BCUT2D eigenvalue weighted by molar-refractivity contribution is 5.96. The molecule has 1 N–H and O–H groups in total. The van der Waals surface area contributed by atoms with Crippen molar-refractivity contribution in [1.82, 2.24) is 10.2 Å². The van der Waals surface area contributed by atoms with Crippen LogP contribution in [0.15, 0.2) is 0 Å². The number of halogens is 3. The zero-order valence-corrected chi connectivity index (χ0v) is 12.5. The van der Waals surface area contributed by atoms with Gasteiger partial charge in [-0.15, -0.1) is 0 Å². The highest BCUT2D eigenvalue weighted by Crippen LogP contribution is 2.23. The van der Waals surface area contributed by atoms with E-state index in [0.29, 0.717) is 19.3 Å². The minimum Gasteiger partial charge on any atom is -0.343 e. The summed E-state index contributed by atoms with van der Waals surface area (Å²) < 4.78 is 36.7. The molecule has 0 aromatic carbocycles. The zero-order chi connectivity index (χ0) is 16.0.